The van der Waals surface area contributed by atoms with Crippen molar-refractivity contribution in [3.63, 3.8) is 0 Å². The van der Waals surface area contributed by atoms with Gasteiger partial charge in [0.25, 0.3) is 0 Å². The number of halogens is 3. The zero-order valence-corrected chi connectivity index (χ0v) is 16.0. The molecule has 1 saturated heterocycles. The Hall–Kier alpha value is -1.90. The van der Waals surface area contributed by atoms with Crippen molar-refractivity contribution in [1.29, 1.82) is 0 Å². The molecule has 3 N–H and O–H groups in total. The van der Waals surface area contributed by atoms with Gasteiger partial charge in [-0.2, -0.15) is 0 Å². The van der Waals surface area contributed by atoms with Crippen LogP contribution in [-0.2, 0) is 0 Å². The lowest BCUT2D eigenvalue weighted by molar-refractivity contribution is 0.508. The SMILES string of the molecule is I.NC(=NCC1CCN(c2ccc(F)c(F)c2)C1)Nc1ccccc1. The molecule has 0 spiro atoms. The number of nitrogens with zero attached hydrogens (tertiary/aromatic N) is 2. The minimum absolute atomic E-state index is 0. The van der Waals surface area contributed by atoms with Crippen molar-refractivity contribution in [1.82, 2.24) is 0 Å². The number of guanidine groups is 1. The summed E-state index contributed by atoms with van der Waals surface area (Å²) in [6.45, 7) is 2.16. The fourth-order valence-corrected chi connectivity index (χ4v) is 2.83. The van der Waals surface area contributed by atoms with E-state index in [0.29, 0.717) is 24.1 Å². The summed E-state index contributed by atoms with van der Waals surface area (Å²) in [6, 6.07) is 13.6. The van der Waals surface area contributed by atoms with E-state index >= 15 is 0 Å². The van der Waals surface area contributed by atoms with E-state index < -0.39 is 11.6 Å². The van der Waals surface area contributed by atoms with Gasteiger partial charge in [0.15, 0.2) is 17.6 Å². The average molecular weight is 458 g/mol. The van der Waals surface area contributed by atoms with Gasteiger partial charge < -0.3 is 16.0 Å². The van der Waals surface area contributed by atoms with Crippen LogP contribution in [0.2, 0.25) is 0 Å². The monoisotopic (exact) mass is 458 g/mol. The number of aliphatic imine (C=N–C) groups is 1. The van der Waals surface area contributed by atoms with Crippen molar-refractivity contribution >= 4 is 41.3 Å². The van der Waals surface area contributed by atoms with Crippen molar-refractivity contribution in [2.75, 3.05) is 29.9 Å². The van der Waals surface area contributed by atoms with E-state index in [9.17, 15) is 8.78 Å². The molecule has 0 bridgehead atoms. The van der Waals surface area contributed by atoms with Crippen molar-refractivity contribution in [2.24, 2.45) is 16.6 Å². The second kappa shape index (κ2) is 8.98. The maximum Gasteiger partial charge on any atom is 0.193 e. The molecule has 134 valence electrons. The molecule has 0 saturated carbocycles. The Labute approximate surface area is 163 Å². The molecule has 0 aromatic heterocycles. The van der Waals surface area contributed by atoms with Gasteiger partial charge in [0.1, 0.15) is 0 Å². The number of anilines is 2. The van der Waals surface area contributed by atoms with E-state index in [1.807, 2.05) is 35.2 Å². The summed E-state index contributed by atoms with van der Waals surface area (Å²) in [7, 11) is 0. The van der Waals surface area contributed by atoms with Crippen LogP contribution in [0.3, 0.4) is 0 Å². The highest BCUT2D eigenvalue weighted by Gasteiger charge is 2.23. The largest absolute Gasteiger partial charge is 0.371 e. The van der Waals surface area contributed by atoms with E-state index in [4.69, 9.17) is 5.73 Å². The van der Waals surface area contributed by atoms with Crippen LogP contribution in [0.4, 0.5) is 20.2 Å². The van der Waals surface area contributed by atoms with Crippen LogP contribution >= 0.6 is 24.0 Å². The molecule has 2 aromatic carbocycles. The van der Waals surface area contributed by atoms with Crippen molar-refractivity contribution in [3.8, 4) is 0 Å². The van der Waals surface area contributed by atoms with Gasteiger partial charge in [-0.25, -0.2) is 8.78 Å². The first-order chi connectivity index (χ1) is 11.6. The molecule has 1 aliphatic heterocycles. The van der Waals surface area contributed by atoms with Gasteiger partial charge >= 0.3 is 0 Å². The molecule has 7 heteroatoms. The molecule has 3 rings (SSSR count). The van der Waals surface area contributed by atoms with Gasteiger partial charge in [0.2, 0.25) is 0 Å². The Morgan fingerprint density at radius 3 is 2.64 bits per heavy atom. The molecule has 1 fully saturated rings. The summed E-state index contributed by atoms with van der Waals surface area (Å²) in [5.41, 5.74) is 7.50. The number of hydrogen-bond acceptors (Lipinski definition) is 2. The molecular formula is C18H21F2IN4. The van der Waals surface area contributed by atoms with E-state index in [0.717, 1.165) is 31.3 Å². The Kier molecular flexibility index (Phi) is 6.98. The third kappa shape index (κ3) is 5.29. The highest BCUT2D eigenvalue weighted by atomic mass is 127. The number of nitrogens with two attached hydrogens (primary N) is 1. The molecule has 0 amide bonds. The fraction of sp³-hybridized carbons (Fsp3) is 0.278. The average Bonchev–Trinajstić information content (AvgIpc) is 3.05. The molecule has 1 heterocycles. The maximum atomic E-state index is 13.3. The van der Waals surface area contributed by atoms with Crippen LogP contribution in [-0.4, -0.2) is 25.6 Å². The van der Waals surface area contributed by atoms with Gasteiger partial charge in [-0.15, -0.1) is 24.0 Å². The molecule has 4 nitrogen and oxygen atoms in total. The number of hydrogen-bond donors (Lipinski definition) is 2. The minimum Gasteiger partial charge on any atom is -0.371 e. The highest BCUT2D eigenvalue weighted by Crippen LogP contribution is 2.25. The van der Waals surface area contributed by atoms with Crippen LogP contribution in [0, 0.1) is 17.6 Å². The van der Waals surface area contributed by atoms with E-state index in [-0.39, 0.29) is 24.0 Å². The van der Waals surface area contributed by atoms with Gasteiger partial charge in [-0.1, -0.05) is 18.2 Å². The Bertz CT molecular complexity index is 724. The van der Waals surface area contributed by atoms with Gasteiger partial charge in [-0.3, -0.25) is 4.99 Å². The van der Waals surface area contributed by atoms with Crippen LogP contribution in [0.1, 0.15) is 6.42 Å². The van der Waals surface area contributed by atoms with Gasteiger partial charge in [0, 0.05) is 37.1 Å². The summed E-state index contributed by atoms with van der Waals surface area (Å²) in [5, 5.41) is 3.05. The quantitative estimate of drug-likeness (QED) is 0.416. The van der Waals surface area contributed by atoms with Gasteiger partial charge in [0.05, 0.1) is 0 Å². The van der Waals surface area contributed by atoms with Crippen molar-refractivity contribution in [2.45, 2.75) is 6.42 Å². The number of nitrogens with one attached hydrogen (secondary N) is 1. The van der Waals surface area contributed by atoms with Crippen molar-refractivity contribution < 1.29 is 8.78 Å². The first-order valence-electron chi connectivity index (χ1n) is 7.94. The third-order valence-electron chi connectivity index (χ3n) is 4.12. The highest BCUT2D eigenvalue weighted by molar-refractivity contribution is 14.0. The molecule has 1 aliphatic rings. The Morgan fingerprint density at radius 1 is 1.16 bits per heavy atom. The normalized spacial score (nSPS) is 17.3. The van der Waals surface area contributed by atoms with Crippen LogP contribution in [0.25, 0.3) is 0 Å². The molecule has 0 radical (unpaired) electrons. The van der Waals surface area contributed by atoms with Crippen LogP contribution in [0.5, 0.6) is 0 Å². The van der Waals surface area contributed by atoms with E-state index in [2.05, 4.69) is 10.3 Å². The number of rotatable bonds is 4. The maximum absolute atomic E-state index is 13.3. The van der Waals surface area contributed by atoms with E-state index in [1.165, 1.54) is 6.07 Å². The molecule has 2 aromatic rings. The second-order valence-corrected chi connectivity index (χ2v) is 5.92. The summed E-state index contributed by atoms with van der Waals surface area (Å²) < 4.78 is 26.4. The van der Waals surface area contributed by atoms with E-state index in [1.54, 1.807) is 6.07 Å². The third-order valence-corrected chi connectivity index (χ3v) is 4.12. The number of para-hydroxylation sites is 1. The summed E-state index contributed by atoms with van der Waals surface area (Å²) in [5.74, 6) is -0.911. The lowest BCUT2D eigenvalue weighted by Gasteiger charge is -2.18. The zero-order valence-electron chi connectivity index (χ0n) is 13.7. The first-order valence-corrected chi connectivity index (χ1v) is 7.94. The lowest BCUT2D eigenvalue weighted by atomic mass is 10.1. The lowest BCUT2D eigenvalue weighted by Crippen LogP contribution is -2.25. The Morgan fingerprint density at radius 2 is 1.92 bits per heavy atom. The molecule has 25 heavy (non-hydrogen) atoms. The molecular weight excluding hydrogens is 437 g/mol. The smallest absolute Gasteiger partial charge is 0.193 e. The molecule has 1 atom stereocenters. The first kappa shape index (κ1) is 19.4. The predicted molar refractivity (Wildman–Crippen MR) is 109 cm³/mol. The molecule has 0 aliphatic carbocycles. The van der Waals surface area contributed by atoms with Crippen LogP contribution < -0.4 is 16.0 Å². The minimum atomic E-state index is -0.821. The fourth-order valence-electron chi connectivity index (χ4n) is 2.83. The predicted octanol–water partition coefficient (Wildman–Crippen LogP) is 3.84. The summed E-state index contributed by atoms with van der Waals surface area (Å²) in [6.07, 6.45) is 0.946. The summed E-state index contributed by atoms with van der Waals surface area (Å²) >= 11 is 0. The summed E-state index contributed by atoms with van der Waals surface area (Å²) in [4.78, 5) is 6.43. The second-order valence-electron chi connectivity index (χ2n) is 5.92. The standard InChI is InChI=1S/C18H20F2N4.HI/c19-16-7-6-15(10-17(16)20)24-9-8-13(12-24)11-22-18(21)23-14-4-2-1-3-5-14;/h1-7,10,13H,8-9,11-12H2,(H3,21,22,23);1H. The zero-order chi connectivity index (χ0) is 16.9. The molecule has 1 unspecified atom stereocenters. The topological polar surface area (TPSA) is 53.6 Å². The van der Waals surface area contributed by atoms with Crippen LogP contribution in [0.15, 0.2) is 53.5 Å². The number of benzene rings is 2. The van der Waals surface area contributed by atoms with Gasteiger partial charge in [-0.05, 0) is 36.6 Å². The Balaban J connectivity index is 0.00000225. The van der Waals surface area contributed by atoms with Crippen molar-refractivity contribution in [3.05, 3.63) is 60.2 Å².